The van der Waals surface area contributed by atoms with E-state index < -0.39 is 0 Å². The summed E-state index contributed by atoms with van der Waals surface area (Å²) in [4.78, 5) is 4.21. The lowest BCUT2D eigenvalue weighted by molar-refractivity contribution is 0.944. The number of hydrogen-bond donors (Lipinski definition) is 0. The van der Waals surface area contributed by atoms with E-state index in [2.05, 4.69) is 49.2 Å². The molecule has 0 aliphatic rings. The lowest BCUT2D eigenvalue weighted by Crippen LogP contribution is -1.93. The summed E-state index contributed by atoms with van der Waals surface area (Å²) in [6.45, 7) is 4.22. The molecule has 1 heteroatoms. The predicted molar refractivity (Wildman–Crippen MR) is 67.6 cm³/mol. The quantitative estimate of drug-likeness (QED) is 0.757. The zero-order valence-electron chi connectivity index (χ0n) is 9.90. The lowest BCUT2D eigenvalue weighted by Gasteiger charge is -2.03. The van der Waals surface area contributed by atoms with Crippen LogP contribution in [-0.4, -0.2) is 4.98 Å². The minimum atomic E-state index is 1.07. The molecule has 82 valence electrons. The second-order valence-corrected chi connectivity index (χ2v) is 4.36. The second-order valence-electron chi connectivity index (χ2n) is 4.36. The molecule has 0 N–H and O–H groups in total. The van der Waals surface area contributed by atoms with Crippen molar-refractivity contribution in [1.29, 1.82) is 0 Å². The van der Waals surface area contributed by atoms with E-state index in [1.165, 1.54) is 22.3 Å². The topological polar surface area (TPSA) is 12.9 Å². The number of nitrogens with zero attached hydrogens (tertiary/aromatic N) is 1. The van der Waals surface area contributed by atoms with Gasteiger partial charge in [-0.2, -0.15) is 0 Å². The molecule has 16 heavy (non-hydrogen) atoms. The Hall–Kier alpha value is -1.63. The Bertz CT molecular complexity index is 429. The van der Waals surface area contributed by atoms with Crippen LogP contribution < -0.4 is 0 Å². The number of benzene rings is 1. The van der Waals surface area contributed by atoms with Gasteiger partial charge in [0.25, 0.3) is 0 Å². The largest absolute Gasteiger partial charge is 0.264 e. The van der Waals surface area contributed by atoms with E-state index in [-0.39, 0.29) is 0 Å². The molecule has 1 aromatic carbocycles. The molecule has 0 bridgehead atoms. The van der Waals surface area contributed by atoms with Gasteiger partial charge < -0.3 is 0 Å². The summed E-state index contributed by atoms with van der Waals surface area (Å²) >= 11 is 0. The zero-order valence-corrected chi connectivity index (χ0v) is 9.90. The summed E-state index contributed by atoms with van der Waals surface area (Å²) in [5.41, 5.74) is 5.30. The first-order valence-electron chi connectivity index (χ1n) is 5.70. The fourth-order valence-corrected chi connectivity index (χ4v) is 1.91. The van der Waals surface area contributed by atoms with Crippen LogP contribution in [0.15, 0.2) is 42.7 Å². The van der Waals surface area contributed by atoms with Crippen molar-refractivity contribution in [3.8, 4) is 0 Å². The maximum absolute atomic E-state index is 4.21. The van der Waals surface area contributed by atoms with Crippen LogP contribution >= 0.6 is 0 Å². The molecule has 0 aliphatic heterocycles. The highest BCUT2D eigenvalue weighted by molar-refractivity contribution is 5.24. The maximum atomic E-state index is 4.21. The van der Waals surface area contributed by atoms with Crippen LogP contribution in [0.25, 0.3) is 0 Å². The fraction of sp³-hybridized carbons (Fsp3) is 0.267. The van der Waals surface area contributed by atoms with Crippen LogP contribution in [0, 0.1) is 13.8 Å². The number of pyridine rings is 1. The molecule has 1 aromatic heterocycles. The van der Waals surface area contributed by atoms with Crippen molar-refractivity contribution in [2.45, 2.75) is 26.7 Å². The average Bonchev–Trinajstić information content (AvgIpc) is 2.27. The number of hydrogen-bond acceptors (Lipinski definition) is 1. The Labute approximate surface area is 97.2 Å². The van der Waals surface area contributed by atoms with Gasteiger partial charge in [0.15, 0.2) is 0 Å². The smallest absolute Gasteiger partial charge is 0.0300 e. The molecule has 2 aromatic rings. The third-order valence-electron chi connectivity index (χ3n) is 2.72. The Morgan fingerprint density at radius 2 is 1.62 bits per heavy atom. The summed E-state index contributed by atoms with van der Waals surface area (Å²) in [5, 5.41) is 0. The van der Waals surface area contributed by atoms with Crippen molar-refractivity contribution in [2.75, 3.05) is 0 Å². The minimum Gasteiger partial charge on any atom is -0.264 e. The van der Waals surface area contributed by atoms with E-state index in [4.69, 9.17) is 0 Å². The summed E-state index contributed by atoms with van der Waals surface area (Å²) < 4.78 is 0. The van der Waals surface area contributed by atoms with Crippen LogP contribution in [0.4, 0.5) is 0 Å². The summed E-state index contributed by atoms with van der Waals surface area (Å²) in [5.74, 6) is 0. The SMILES string of the molecule is Cc1cccc(CCc2cncc(C)c2)c1. The molecule has 0 aliphatic carbocycles. The van der Waals surface area contributed by atoms with Crippen molar-refractivity contribution < 1.29 is 0 Å². The Morgan fingerprint density at radius 3 is 2.38 bits per heavy atom. The van der Waals surface area contributed by atoms with Gasteiger partial charge in [0.2, 0.25) is 0 Å². The third kappa shape index (κ3) is 2.93. The lowest BCUT2D eigenvalue weighted by atomic mass is 10.0. The fourth-order valence-electron chi connectivity index (χ4n) is 1.91. The van der Waals surface area contributed by atoms with Crippen molar-refractivity contribution in [3.05, 3.63) is 65.0 Å². The van der Waals surface area contributed by atoms with Gasteiger partial charge in [0.1, 0.15) is 0 Å². The summed E-state index contributed by atoms with van der Waals surface area (Å²) in [7, 11) is 0. The molecule has 0 atom stereocenters. The molecule has 1 nitrogen and oxygen atoms in total. The van der Waals surface area contributed by atoms with Gasteiger partial charge in [-0.1, -0.05) is 35.9 Å². The monoisotopic (exact) mass is 211 g/mol. The van der Waals surface area contributed by atoms with E-state index in [1.807, 2.05) is 12.4 Å². The van der Waals surface area contributed by atoms with Gasteiger partial charge in [-0.3, -0.25) is 4.98 Å². The first-order valence-corrected chi connectivity index (χ1v) is 5.70. The van der Waals surface area contributed by atoms with Crippen LogP contribution in [-0.2, 0) is 12.8 Å². The molecule has 0 saturated heterocycles. The molecular formula is C15H17N. The average molecular weight is 211 g/mol. The molecule has 0 fully saturated rings. The molecular weight excluding hydrogens is 194 g/mol. The highest BCUT2D eigenvalue weighted by atomic mass is 14.6. The van der Waals surface area contributed by atoms with Crippen LogP contribution in [0.2, 0.25) is 0 Å². The van der Waals surface area contributed by atoms with Crippen molar-refractivity contribution in [3.63, 3.8) is 0 Å². The Kier molecular flexibility index (Phi) is 3.35. The van der Waals surface area contributed by atoms with E-state index in [0.717, 1.165) is 12.8 Å². The first-order chi connectivity index (χ1) is 7.74. The van der Waals surface area contributed by atoms with Crippen LogP contribution in [0.3, 0.4) is 0 Å². The minimum absolute atomic E-state index is 1.07. The zero-order chi connectivity index (χ0) is 11.4. The summed E-state index contributed by atoms with van der Waals surface area (Å²) in [6, 6.07) is 10.9. The molecule has 0 radical (unpaired) electrons. The van der Waals surface area contributed by atoms with E-state index in [1.54, 1.807) is 0 Å². The van der Waals surface area contributed by atoms with Crippen molar-refractivity contribution >= 4 is 0 Å². The van der Waals surface area contributed by atoms with Crippen LogP contribution in [0.1, 0.15) is 22.3 Å². The van der Waals surface area contributed by atoms with Gasteiger partial charge in [0, 0.05) is 12.4 Å². The standard InChI is InChI=1S/C15H17N/c1-12-4-3-5-14(8-12)6-7-15-9-13(2)10-16-11-15/h3-5,8-11H,6-7H2,1-2H3. The Morgan fingerprint density at radius 1 is 0.875 bits per heavy atom. The highest BCUT2D eigenvalue weighted by Gasteiger charge is 1.97. The van der Waals surface area contributed by atoms with Gasteiger partial charge in [0.05, 0.1) is 0 Å². The van der Waals surface area contributed by atoms with Crippen LogP contribution in [0.5, 0.6) is 0 Å². The number of aryl methyl sites for hydroxylation is 4. The third-order valence-corrected chi connectivity index (χ3v) is 2.72. The molecule has 2 rings (SSSR count). The molecule has 0 saturated carbocycles. The second kappa shape index (κ2) is 4.93. The maximum Gasteiger partial charge on any atom is 0.0300 e. The molecule has 0 spiro atoms. The number of rotatable bonds is 3. The van der Waals surface area contributed by atoms with Crippen molar-refractivity contribution in [2.24, 2.45) is 0 Å². The van der Waals surface area contributed by atoms with Crippen molar-refractivity contribution in [1.82, 2.24) is 4.98 Å². The molecule has 0 unspecified atom stereocenters. The summed E-state index contributed by atoms with van der Waals surface area (Å²) in [6.07, 6.45) is 6.02. The van der Waals surface area contributed by atoms with E-state index in [0.29, 0.717) is 0 Å². The molecule has 0 amide bonds. The molecule has 1 heterocycles. The predicted octanol–water partition coefficient (Wildman–Crippen LogP) is 3.48. The van der Waals surface area contributed by atoms with Gasteiger partial charge >= 0.3 is 0 Å². The van der Waals surface area contributed by atoms with E-state index >= 15 is 0 Å². The Balaban J connectivity index is 2.02. The van der Waals surface area contributed by atoms with Gasteiger partial charge in [-0.25, -0.2) is 0 Å². The first kappa shape index (κ1) is 10.9. The van der Waals surface area contributed by atoms with E-state index in [9.17, 15) is 0 Å². The highest BCUT2D eigenvalue weighted by Crippen LogP contribution is 2.09. The van der Waals surface area contributed by atoms with Gasteiger partial charge in [-0.05, 0) is 43.4 Å². The number of aromatic nitrogens is 1. The van der Waals surface area contributed by atoms with Gasteiger partial charge in [-0.15, -0.1) is 0 Å². The normalized spacial score (nSPS) is 10.4.